The molecule has 1 aromatic carbocycles. The average molecular weight is 642 g/mol. The van der Waals surface area contributed by atoms with Gasteiger partial charge in [-0.15, -0.1) is 0 Å². The number of ether oxygens (including phenoxy) is 2. The summed E-state index contributed by atoms with van der Waals surface area (Å²) in [5, 5.41) is 12.9. The standard InChI is InChI=1S/C26H27ClFN5O4.C2HF3O2/c27-16-3-10-23(31-15-16)33-26(35)24-21(2-1-12-30-24)32-25(34)20-9-8-19(36-13-11-28)14-22(20)37-18-6-4-17(29)5-7-18;3-2(4,5)1(6)7/h1-3,8-10,12,14-15,17-18H,4-7,11,13,29H2,(H,32,34)(H,31,33,35);(H,6,7). The molecule has 11 nitrogen and oxygen atoms in total. The maximum Gasteiger partial charge on any atom is 0.490 e. The molecule has 2 heterocycles. The number of hydrogen-bond donors (Lipinski definition) is 4. The normalized spacial score (nSPS) is 16.1. The fraction of sp³-hybridized carbons (Fsp3) is 0.321. The number of carbonyl (C=O) groups excluding carboxylic acids is 2. The van der Waals surface area contributed by atoms with Gasteiger partial charge in [-0.3, -0.25) is 9.59 Å². The summed E-state index contributed by atoms with van der Waals surface area (Å²) in [6.07, 6.45) is 0.795. The number of nitrogens with one attached hydrogen (secondary N) is 2. The van der Waals surface area contributed by atoms with E-state index in [4.69, 9.17) is 36.7 Å². The van der Waals surface area contributed by atoms with Crippen LogP contribution in [0.2, 0.25) is 5.02 Å². The van der Waals surface area contributed by atoms with Gasteiger partial charge in [-0.05, 0) is 62.1 Å². The molecule has 0 spiro atoms. The summed E-state index contributed by atoms with van der Waals surface area (Å²) < 4.78 is 55.9. The number of hydrogen-bond acceptors (Lipinski definition) is 8. The Labute approximate surface area is 253 Å². The summed E-state index contributed by atoms with van der Waals surface area (Å²) >= 11 is 5.85. The lowest BCUT2D eigenvalue weighted by atomic mass is 9.93. The zero-order valence-electron chi connectivity index (χ0n) is 22.9. The molecule has 2 amide bonds. The van der Waals surface area contributed by atoms with Crippen molar-refractivity contribution in [3.05, 3.63) is 71.1 Å². The Morgan fingerprint density at radius 3 is 2.34 bits per heavy atom. The van der Waals surface area contributed by atoms with Crippen molar-refractivity contribution in [1.82, 2.24) is 9.97 Å². The number of anilines is 2. The van der Waals surface area contributed by atoms with Crippen LogP contribution < -0.4 is 25.8 Å². The van der Waals surface area contributed by atoms with E-state index < -0.39 is 30.6 Å². The molecule has 1 fully saturated rings. The molecule has 0 atom stereocenters. The Hall–Kier alpha value is -4.50. The number of amides is 2. The van der Waals surface area contributed by atoms with Crippen LogP contribution in [0.5, 0.6) is 11.5 Å². The topological polar surface area (TPSA) is 166 Å². The highest BCUT2D eigenvalue weighted by molar-refractivity contribution is 6.30. The van der Waals surface area contributed by atoms with Crippen LogP contribution in [0.25, 0.3) is 0 Å². The van der Waals surface area contributed by atoms with Gasteiger partial charge in [0, 0.05) is 24.5 Å². The number of aliphatic carboxylic acids is 1. The minimum absolute atomic E-state index is 0.000708. The smallest absolute Gasteiger partial charge is 0.490 e. The number of pyridine rings is 2. The van der Waals surface area contributed by atoms with Gasteiger partial charge < -0.3 is 30.9 Å². The lowest BCUT2D eigenvalue weighted by Crippen LogP contribution is -2.32. The largest absolute Gasteiger partial charge is 0.491 e. The molecule has 2 aromatic heterocycles. The van der Waals surface area contributed by atoms with E-state index in [2.05, 4.69) is 20.6 Å². The van der Waals surface area contributed by atoms with Crippen molar-refractivity contribution < 1.29 is 46.5 Å². The quantitative estimate of drug-likeness (QED) is 0.228. The van der Waals surface area contributed by atoms with E-state index >= 15 is 0 Å². The molecule has 236 valence electrons. The monoisotopic (exact) mass is 641 g/mol. The van der Waals surface area contributed by atoms with E-state index in [-0.39, 0.29) is 41.5 Å². The number of carboxylic acid groups (broad SMARTS) is 1. The van der Waals surface area contributed by atoms with Gasteiger partial charge in [-0.2, -0.15) is 13.2 Å². The molecule has 0 bridgehead atoms. The second-order valence-corrected chi connectivity index (χ2v) is 9.76. The van der Waals surface area contributed by atoms with E-state index in [9.17, 15) is 27.2 Å². The number of alkyl halides is 4. The first-order valence-electron chi connectivity index (χ1n) is 13.1. The third-order valence-electron chi connectivity index (χ3n) is 6.04. The summed E-state index contributed by atoms with van der Waals surface area (Å²) in [6, 6.07) is 11.1. The predicted octanol–water partition coefficient (Wildman–Crippen LogP) is 5.26. The lowest BCUT2D eigenvalue weighted by molar-refractivity contribution is -0.192. The summed E-state index contributed by atoms with van der Waals surface area (Å²) in [6.45, 7) is -0.754. The zero-order valence-corrected chi connectivity index (χ0v) is 23.7. The number of carbonyl (C=O) groups is 3. The Kier molecular flexibility index (Phi) is 12.2. The molecule has 44 heavy (non-hydrogen) atoms. The first-order valence-corrected chi connectivity index (χ1v) is 13.5. The number of rotatable bonds is 9. The van der Waals surface area contributed by atoms with E-state index in [1.807, 2.05) is 0 Å². The van der Waals surface area contributed by atoms with Crippen LogP contribution in [0, 0.1) is 0 Å². The number of aromatic nitrogens is 2. The maximum atomic E-state index is 13.3. The second-order valence-electron chi connectivity index (χ2n) is 9.32. The van der Waals surface area contributed by atoms with E-state index in [0.29, 0.717) is 16.5 Å². The number of halogens is 5. The fourth-order valence-electron chi connectivity index (χ4n) is 3.92. The van der Waals surface area contributed by atoms with E-state index in [0.717, 1.165) is 25.7 Å². The molecule has 5 N–H and O–H groups in total. The summed E-state index contributed by atoms with van der Waals surface area (Å²) in [4.78, 5) is 43.3. The molecule has 1 aliphatic rings. The lowest BCUT2D eigenvalue weighted by Gasteiger charge is -2.27. The van der Waals surface area contributed by atoms with Gasteiger partial charge in [0.2, 0.25) is 0 Å². The summed E-state index contributed by atoms with van der Waals surface area (Å²) in [5.74, 6) is -2.86. The highest BCUT2D eigenvalue weighted by atomic mass is 35.5. The Bertz CT molecular complexity index is 1440. The van der Waals surface area contributed by atoms with Gasteiger partial charge in [0.1, 0.15) is 30.6 Å². The first-order chi connectivity index (χ1) is 20.9. The molecular formula is C28H28ClF4N5O6. The molecule has 0 aliphatic heterocycles. The van der Waals surface area contributed by atoms with Crippen molar-refractivity contribution >= 4 is 40.9 Å². The maximum absolute atomic E-state index is 13.3. The SMILES string of the molecule is NC1CCC(Oc2cc(OCCF)ccc2C(=O)Nc2cccnc2C(=O)Nc2ccc(Cl)cn2)CC1.O=C(O)C(F)(F)F. The highest BCUT2D eigenvalue weighted by Gasteiger charge is 2.38. The third-order valence-corrected chi connectivity index (χ3v) is 6.26. The molecule has 0 saturated heterocycles. The van der Waals surface area contributed by atoms with Crippen LogP contribution in [0.4, 0.5) is 29.1 Å². The van der Waals surface area contributed by atoms with Gasteiger partial charge in [0.05, 0.1) is 22.4 Å². The first kappa shape index (κ1) is 34.0. The Morgan fingerprint density at radius 2 is 1.73 bits per heavy atom. The number of nitrogens with two attached hydrogens (primary N) is 1. The van der Waals surface area contributed by atoms with Crippen molar-refractivity contribution in [3.8, 4) is 11.5 Å². The molecule has 1 aliphatic carbocycles. The van der Waals surface area contributed by atoms with Crippen LogP contribution in [-0.2, 0) is 4.79 Å². The Morgan fingerprint density at radius 1 is 1.02 bits per heavy atom. The summed E-state index contributed by atoms with van der Waals surface area (Å²) in [7, 11) is 0. The zero-order chi connectivity index (χ0) is 32.3. The van der Waals surface area contributed by atoms with Crippen LogP contribution in [-0.4, -0.2) is 64.5 Å². The molecule has 16 heteroatoms. The minimum atomic E-state index is -5.08. The molecular weight excluding hydrogens is 614 g/mol. The average Bonchev–Trinajstić information content (AvgIpc) is 2.98. The molecule has 0 radical (unpaired) electrons. The van der Waals surface area contributed by atoms with Gasteiger partial charge in [-0.1, -0.05) is 11.6 Å². The van der Waals surface area contributed by atoms with Crippen molar-refractivity contribution in [2.24, 2.45) is 5.73 Å². The molecule has 0 unspecified atom stereocenters. The fourth-order valence-corrected chi connectivity index (χ4v) is 4.03. The number of benzene rings is 1. The van der Waals surface area contributed by atoms with Crippen LogP contribution >= 0.6 is 11.6 Å². The van der Waals surface area contributed by atoms with Crippen LogP contribution in [0.15, 0.2) is 54.9 Å². The van der Waals surface area contributed by atoms with Gasteiger partial charge in [0.15, 0.2) is 5.69 Å². The van der Waals surface area contributed by atoms with Crippen LogP contribution in [0.3, 0.4) is 0 Å². The van der Waals surface area contributed by atoms with Crippen molar-refractivity contribution in [2.75, 3.05) is 23.9 Å². The van der Waals surface area contributed by atoms with E-state index in [1.54, 1.807) is 42.5 Å². The van der Waals surface area contributed by atoms with Crippen molar-refractivity contribution in [3.63, 3.8) is 0 Å². The van der Waals surface area contributed by atoms with Gasteiger partial charge >= 0.3 is 12.1 Å². The molecule has 3 aromatic rings. The number of carboxylic acids is 1. The number of nitrogens with zero attached hydrogens (tertiary/aromatic N) is 2. The van der Waals surface area contributed by atoms with Crippen LogP contribution in [0.1, 0.15) is 46.5 Å². The summed E-state index contributed by atoms with van der Waals surface area (Å²) in [5.41, 5.74) is 6.44. The van der Waals surface area contributed by atoms with Crippen molar-refractivity contribution in [2.45, 2.75) is 44.0 Å². The second kappa shape index (κ2) is 15.8. The molecule has 4 rings (SSSR count). The minimum Gasteiger partial charge on any atom is -0.491 e. The third kappa shape index (κ3) is 10.3. The highest BCUT2D eigenvalue weighted by Crippen LogP contribution is 2.30. The van der Waals surface area contributed by atoms with Crippen molar-refractivity contribution in [1.29, 1.82) is 0 Å². The molecule has 1 saturated carbocycles. The Balaban J connectivity index is 0.000000676. The predicted molar refractivity (Wildman–Crippen MR) is 152 cm³/mol. The van der Waals surface area contributed by atoms with Gasteiger partial charge in [0.25, 0.3) is 11.8 Å². The van der Waals surface area contributed by atoms with Gasteiger partial charge in [-0.25, -0.2) is 19.2 Å². The van der Waals surface area contributed by atoms with E-state index in [1.165, 1.54) is 12.4 Å².